The summed E-state index contributed by atoms with van der Waals surface area (Å²) in [4.78, 5) is 0. The smallest absolute Gasteiger partial charge is 0.353 e. The zero-order valence-electron chi connectivity index (χ0n) is 11.4. The Morgan fingerprint density at radius 3 is 1.64 bits per heavy atom. The van der Waals surface area contributed by atoms with E-state index in [9.17, 15) is 35.1 Å². The Morgan fingerprint density at radius 1 is 0.909 bits per heavy atom. The first-order valence-corrected chi connectivity index (χ1v) is 6.05. The van der Waals surface area contributed by atoms with Crippen molar-refractivity contribution in [1.29, 1.82) is 0 Å². The summed E-state index contributed by atoms with van der Waals surface area (Å²) in [7, 11) is 0. The van der Waals surface area contributed by atoms with Gasteiger partial charge in [-0.15, -0.1) is 0 Å². The quantitative estimate of drug-likeness (QED) is 0.703. The molecule has 0 aliphatic carbocycles. The van der Waals surface area contributed by atoms with Crippen molar-refractivity contribution < 1.29 is 39.9 Å². The topological polar surface area (TPSA) is 9.23 Å². The van der Waals surface area contributed by atoms with Crippen LogP contribution in [-0.4, -0.2) is 18.0 Å². The van der Waals surface area contributed by atoms with Crippen LogP contribution in [0.4, 0.5) is 35.1 Å². The molecule has 0 bridgehead atoms. The Balaban J connectivity index is 3.26. The Hall–Kier alpha value is -1.38. The first kappa shape index (κ1) is 18.7. The number of ether oxygens (including phenoxy) is 1. The van der Waals surface area contributed by atoms with Gasteiger partial charge in [0.05, 0.1) is 6.61 Å². The molecule has 126 valence electrons. The maximum absolute atomic E-state index is 13.3. The Kier molecular flexibility index (Phi) is 5.11. The normalized spacial score (nSPS) is 13.8. The molecule has 0 amide bonds. The SMILES string of the molecule is CC(C)C(OCc1c(F)cccc1F)(C(F)(F)F)C(F)(F)F. The molecule has 0 spiro atoms. The average molecular weight is 336 g/mol. The standard InChI is InChI=1S/C13H12F8O/c1-7(2)11(12(16,17)18,13(19,20)21)22-6-8-9(14)4-3-5-10(8)15/h3-5,7H,6H2,1-2H3. The summed E-state index contributed by atoms with van der Waals surface area (Å²) in [6.45, 7) is -0.174. The number of halogens is 8. The first-order valence-electron chi connectivity index (χ1n) is 6.05. The molecule has 9 heteroatoms. The van der Waals surface area contributed by atoms with Gasteiger partial charge in [0.25, 0.3) is 5.60 Å². The molecule has 22 heavy (non-hydrogen) atoms. The van der Waals surface area contributed by atoms with E-state index in [0.717, 1.165) is 6.07 Å². The average Bonchev–Trinajstić information content (AvgIpc) is 2.28. The summed E-state index contributed by atoms with van der Waals surface area (Å²) in [5.74, 6) is -4.63. The van der Waals surface area contributed by atoms with Crippen molar-refractivity contribution in [2.45, 2.75) is 38.4 Å². The second-order valence-corrected chi connectivity index (χ2v) is 4.87. The maximum Gasteiger partial charge on any atom is 0.426 e. The third kappa shape index (κ3) is 3.18. The molecule has 0 fully saturated rings. The van der Waals surface area contributed by atoms with Gasteiger partial charge in [-0.2, -0.15) is 26.3 Å². The number of hydrogen-bond donors (Lipinski definition) is 0. The molecule has 0 saturated carbocycles. The van der Waals surface area contributed by atoms with Crippen LogP contribution in [0.2, 0.25) is 0 Å². The maximum atomic E-state index is 13.3. The number of benzene rings is 1. The van der Waals surface area contributed by atoms with Gasteiger partial charge in [-0.05, 0) is 12.1 Å². The zero-order chi connectivity index (χ0) is 17.3. The lowest BCUT2D eigenvalue weighted by Crippen LogP contribution is -2.62. The van der Waals surface area contributed by atoms with E-state index in [2.05, 4.69) is 4.74 Å². The zero-order valence-corrected chi connectivity index (χ0v) is 11.4. The van der Waals surface area contributed by atoms with Gasteiger partial charge in [0, 0.05) is 11.5 Å². The van der Waals surface area contributed by atoms with Crippen molar-refractivity contribution in [2.24, 2.45) is 5.92 Å². The van der Waals surface area contributed by atoms with Crippen LogP contribution in [0.15, 0.2) is 18.2 Å². The number of rotatable bonds is 4. The van der Waals surface area contributed by atoms with E-state index in [-0.39, 0.29) is 0 Å². The van der Waals surface area contributed by atoms with E-state index in [0.29, 0.717) is 26.0 Å². The number of hydrogen-bond acceptors (Lipinski definition) is 1. The van der Waals surface area contributed by atoms with Gasteiger partial charge in [0.15, 0.2) is 0 Å². The van der Waals surface area contributed by atoms with Crippen molar-refractivity contribution >= 4 is 0 Å². The first-order chi connectivity index (χ1) is 9.84. The van der Waals surface area contributed by atoms with E-state index in [1.54, 1.807) is 0 Å². The molecule has 0 aromatic heterocycles. The van der Waals surface area contributed by atoms with Gasteiger partial charge < -0.3 is 4.74 Å². The van der Waals surface area contributed by atoms with Crippen LogP contribution in [0.1, 0.15) is 19.4 Å². The van der Waals surface area contributed by atoms with Crippen LogP contribution in [0.5, 0.6) is 0 Å². The third-order valence-electron chi connectivity index (χ3n) is 3.16. The van der Waals surface area contributed by atoms with Crippen molar-refractivity contribution in [3.05, 3.63) is 35.4 Å². The van der Waals surface area contributed by atoms with E-state index >= 15 is 0 Å². The van der Waals surface area contributed by atoms with Crippen molar-refractivity contribution in [3.63, 3.8) is 0 Å². The second kappa shape index (κ2) is 6.02. The van der Waals surface area contributed by atoms with Crippen LogP contribution in [0, 0.1) is 17.6 Å². The highest BCUT2D eigenvalue weighted by molar-refractivity contribution is 5.19. The Bertz CT molecular complexity index is 484. The molecular weight excluding hydrogens is 324 g/mol. The Labute approximate surface area is 120 Å². The molecule has 0 unspecified atom stereocenters. The highest BCUT2D eigenvalue weighted by atomic mass is 19.4. The predicted molar refractivity (Wildman–Crippen MR) is 60.8 cm³/mol. The molecule has 0 saturated heterocycles. The minimum atomic E-state index is -5.80. The van der Waals surface area contributed by atoms with Crippen LogP contribution >= 0.6 is 0 Å². The molecule has 1 aromatic carbocycles. The van der Waals surface area contributed by atoms with Crippen molar-refractivity contribution in [3.8, 4) is 0 Å². The minimum absolute atomic E-state index is 0.665. The monoisotopic (exact) mass is 336 g/mol. The summed E-state index contributed by atoms with van der Waals surface area (Å²) in [6.07, 6.45) is -11.6. The van der Waals surface area contributed by atoms with E-state index in [1.807, 2.05) is 0 Å². The van der Waals surface area contributed by atoms with Crippen LogP contribution < -0.4 is 0 Å². The molecule has 1 rings (SSSR count). The molecule has 0 aliphatic heterocycles. The summed E-state index contributed by atoms with van der Waals surface area (Å²) in [5.41, 5.74) is -5.52. The van der Waals surface area contributed by atoms with E-state index in [1.165, 1.54) is 0 Å². The van der Waals surface area contributed by atoms with Crippen LogP contribution in [0.3, 0.4) is 0 Å². The fourth-order valence-corrected chi connectivity index (χ4v) is 2.00. The largest absolute Gasteiger partial charge is 0.426 e. The molecule has 1 nitrogen and oxygen atoms in total. The van der Waals surface area contributed by atoms with Gasteiger partial charge in [-0.1, -0.05) is 19.9 Å². The lowest BCUT2D eigenvalue weighted by Gasteiger charge is -2.40. The predicted octanol–water partition coefficient (Wildman–Crippen LogP) is 5.00. The highest BCUT2D eigenvalue weighted by Crippen LogP contribution is 2.50. The van der Waals surface area contributed by atoms with E-state index < -0.39 is 47.7 Å². The third-order valence-corrected chi connectivity index (χ3v) is 3.16. The molecular formula is C13H12F8O. The molecule has 1 aromatic rings. The molecule has 0 radical (unpaired) electrons. The van der Waals surface area contributed by atoms with Crippen molar-refractivity contribution in [1.82, 2.24) is 0 Å². The van der Waals surface area contributed by atoms with Crippen molar-refractivity contribution in [2.75, 3.05) is 0 Å². The minimum Gasteiger partial charge on any atom is -0.353 e. The van der Waals surface area contributed by atoms with Gasteiger partial charge in [0.1, 0.15) is 11.6 Å². The summed E-state index contributed by atoms with van der Waals surface area (Å²) < 4.78 is 109. The van der Waals surface area contributed by atoms with Gasteiger partial charge >= 0.3 is 12.4 Å². The van der Waals surface area contributed by atoms with Gasteiger partial charge in [-0.3, -0.25) is 0 Å². The lowest BCUT2D eigenvalue weighted by molar-refractivity contribution is -0.397. The molecule has 0 atom stereocenters. The van der Waals surface area contributed by atoms with Crippen LogP contribution in [-0.2, 0) is 11.3 Å². The summed E-state index contributed by atoms with van der Waals surface area (Å²) in [5, 5.41) is 0. The van der Waals surface area contributed by atoms with Gasteiger partial charge in [-0.25, -0.2) is 8.78 Å². The lowest BCUT2D eigenvalue weighted by atomic mass is 9.88. The molecule has 0 aliphatic rings. The van der Waals surface area contributed by atoms with Crippen LogP contribution in [0.25, 0.3) is 0 Å². The summed E-state index contributed by atoms with van der Waals surface area (Å²) in [6, 6.07) is 2.34. The number of alkyl halides is 6. The highest BCUT2D eigenvalue weighted by Gasteiger charge is 2.73. The summed E-state index contributed by atoms with van der Waals surface area (Å²) >= 11 is 0. The van der Waals surface area contributed by atoms with Gasteiger partial charge in [0.2, 0.25) is 0 Å². The molecule has 0 N–H and O–H groups in total. The fraction of sp³-hybridized carbons (Fsp3) is 0.538. The molecule has 0 heterocycles. The fourth-order valence-electron chi connectivity index (χ4n) is 2.00. The second-order valence-electron chi connectivity index (χ2n) is 4.87. The van der Waals surface area contributed by atoms with E-state index in [4.69, 9.17) is 0 Å². The Morgan fingerprint density at radius 2 is 1.32 bits per heavy atom.